The third-order valence-electron chi connectivity index (χ3n) is 7.81. The Morgan fingerprint density at radius 3 is 2.18 bits per heavy atom. The lowest BCUT2D eigenvalue weighted by Gasteiger charge is -2.38. The highest BCUT2D eigenvalue weighted by atomic mass is 35.5. The van der Waals surface area contributed by atoms with E-state index in [9.17, 15) is 18.8 Å². The Morgan fingerprint density at radius 2 is 1.52 bits per heavy atom. The molecule has 7 nitrogen and oxygen atoms in total. The number of nitrogens with one attached hydrogen (secondary N) is 2. The monoisotopic (exact) mass is 612 g/mol. The normalized spacial score (nSPS) is 13.7. The van der Waals surface area contributed by atoms with Crippen LogP contribution in [0.15, 0.2) is 97.1 Å². The van der Waals surface area contributed by atoms with Crippen LogP contribution in [0.4, 0.5) is 15.8 Å². The summed E-state index contributed by atoms with van der Waals surface area (Å²) in [6, 6.07) is 27.5. The highest BCUT2D eigenvalue weighted by Crippen LogP contribution is 2.28. The smallest absolute Gasteiger partial charge is 0.255 e. The van der Waals surface area contributed by atoms with Crippen LogP contribution in [0.3, 0.4) is 0 Å². The number of nitrogens with zero attached hydrogens (tertiary/aromatic N) is 2. The van der Waals surface area contributed by atoms with Crippen molar-refractivity contribution in [2.45, 2.75) is 25.8 Å². The van der Waals surface area contributed by atoms with E-state index in [0.717, 1.165) is 11.1 Å². The highest BCUT2D eigenvalue weighted by molar-refractivity contribution is 6.30. The van der Waals surface area contributed by atoms with E-state index in [2.05, 4.69) is 15.5 Å². The Balaban J connectivity index is 1.33. The van der Waals surface area contributed by atoms with Gasteiger partial charge in [-0.05, 0) is 72.1 Å². The summed E-state index contributed by atoms with van der Waals surface area (Å²) in [5, 5.41) is 6.31. The van der Waals surface area contributed by atoms with Crippen molar-refractivity contribution >= 4 is 40.7 Å². The summed E-state index contributed by atoms with van der Waals surface area (Å²) in [5.74, 6) is -1.10. The zero-order valence-corrected chi connectivity index (χ0v) is 25.2. The van der Waals surface area contributed by atoms with E-state index >= 15 is 0 Å². The fourth-order valence-corrected chi connectivity index (χ4v) is 5.51. The second-order valence-corrected chi connectivity index (χ2v) is 11.1. The predicted molar refractivity (Wildman–Crippen MR) is 172 cm³/mol. The van der Waals surface area contributed by atoms with E-state index in [1.54, 1.807) is 48.5 Å². The number of amides is 3. The quantitative estimate of drug-likeness (QED) is 0.226. The van der Waals surface area contributed by atoms with E-state index in [0.29, 0.717) is 60.1 Å². The molecule has 1 saturated heterocycles. The van der Waals surface area contributed by atoms with Gasteiger partial charge in [-0.2, -0.15) is 0 Å². The minimum Gasteiger partial charge on any atom is -0.367 e. The zero-order chi connectivity index (χ0) is 31.1. The van der Waals surface area contributed by atoms with Crippen LogP contribution >= 0.6 is 11.6 Å². The van der Waals surface area contributed by atoms with Crippen molar-refractivity contribution in [3.05, 3.63) is 130 Å². The third-order valence-corrected chi connectivity index (χ3v) is 8.06. The average molecular weight is 613 g/mol. The summed E-state index contributed by atoms with van der Waals surface area (Å²) >= 11 is 5.96. The third kappa shape index (κ3) is 7.44. The Bertz CT molecular complexity index is 1610. The molecule has 226 valence electrons. The van der Waals surface area contributed by atoms with E-state index in [1.165, 1.54) is 12.1 Å². The standard InChI is InChI=1S/C35H34ClFN4O3/c1-2-30(25-6-4-3-5-7-25)35(44)41-20-18-40(19-21-41)32-17-16-29(39-33(42)26-10-12-27(36)13-11-26)22-31(32)34(43)38-23-24-8-14-28(37)15-9-24/h3-17,22,30H,2,18-21,23H2,1H3,(H,38,43)(H,39,42)/t30-/m1/s1. The molecule has 1 aliphatic heterocycles. The van der Waals surface area contributed by atoms with Crippen molar-refractivity contribution in [2.24, 2.45) is 0 Å². The van der Waals surface area contributed by atoms with E-state index < -0.39 is 0 Å². The van der Waals surface area contributed by atoms with Crippen LogP contribution in [0.5, 0.6) is 0 Å². The Labute approximate surface area is 261 Å². The van der Waals surface area contributed by atoms with Gasteiger partial charge in [0.1, 0.15) is 5.82 Å². The van der Waals surface area contributed by atoms with Crippen molar-refractivity contribution in [2.75, 3.05) is 36.4 Å². The number of benzene rings is 4. The molecular formula is C35H34ClFN4O3. The maximum Gasteiger partial charge on any atom is 0.255 e. The fraction of sp³-hybridized carbons (Fsp3) is 0.229. The first-order chi connectivity index (χ1) is 21.3. The van der Waals surface area contributed by atoms with Gasteiger partial charge in [0.2, 0.25) is 5.91 Å². The first-order valence-electron chi connectivity index (χ1n) is 14.6. The Kier molecular flexibility index (Phi) is 9.92. The lowest BCUT2D eigenvalue weighted by atomic mass is 9.94. The number of anilines is 2. The molecule has 0 radical (unpaired) electrons. The number of piperazine rings is 1. The molecule has 0 spiro atoms. The van der Waals surface area contributed by atoms with Crippen molar-refractivity contribution in [1.82, 2.24) is 10.2 Å². The molecule has 44 heavy (non-hydrogen) atoms. The van der Waals surface area contributed by atoms with Crippen LogP contribution in [0.1, 0.15) is 51.1 Å². The van der Waals surface area contributed by atoms with Gasteiger partial charge < -0.3 is 20.4 Å². The Morgan fingerprint density at radius 1 is 0.841 bits per heavy atom. The number of hydrogen-bond acceptors (Lipinski definition) is 4. The molecule has 1 fully saturated rings. The molecule has 0 bridgehead atoms. The Hall–Kier alpha value is -4.69. The van der Waals surface area contributed by atoms with Gasteiger partial charge in [0, 0.05) is 54.7 Å². The van der Waals surface area contributed by atoms with Gasteiger partial charge in [0.15, 0.2) is 0 Å². The van der Waals surface area contributed by atoms with Crippen molar-refractivity contribution in [1.29, 1.82) is 0 Å². The van der Waals surface area contributed by atoms with Crippen LogP contribution < -0.4 is 15.5 Å². The minimum absolute atomic E-state index is 0.107. The molecule has 9 heteroatoms. The van der Waals surface area contributed by atoms with Crippen molar-refractivity contribution < 1.29 is 18.8 Å². The van der Waals surface area contributed by atoms with Gasteiger partial charge in [-0.1, -0.05) is 61.0 Å². The molecule has 1 atom stereocenters. The first kappa shape index (κ1) is 30.8. The average Bonchev–Trinajstić information content (AvgIpc) is 3.05. The van der Waals surface area contributed by atoms with Crippen LogP contribution in [0, 0.1) is 5.82 Å². The molecule has 0 saturated carbocycles. The predicted octanol–water partition coefficient (Wildman–Crippen LogP) is 6.50. The maximum absolute atomic E-state index is 13.5. The molecule has 0 aliphatic carbocycles. The van der Waals surface area contributed by atoms with Crippen LogP contribution in [-0.4, -0.2) is 48.8 Å². The second-order valence-electron chi connectivity index (χ2n) is 10.7. The van der Waals surface area contributed by atoms with Gasteiger partial charge in [-0.15, -0.1) is 0 Å². The van der Waals surface area contributed by atoms with Gasteiger partial charge in [-0.3, -0.25) is 14.4 Å². The van der Waals surface area contributed by atoms with E-state index in [4.69, 9.17) is 11.6 Å². The summed E-state index contributed by atoms with van der Waals surface area (Å²) < 4.78 is 13.4. The SMILES string of the molecule is CC[C@@H](C(=O)N1CCN(c2ccc(NC(=O)c3ccc(Cl)cc3)cc2C(=O)NCc2ccc(F)cc2)CC1)c1ccccc1. The molecule has 2 N–H and O–H groups in total. The molecular weight excluding hydrogens is 579 g/mol. The highest BCUT2D eigenvalue weighted by Gasteiger charge is 2.29. The first-order valence-corrected chi connectivity index (χ1v) is 15.0. The largest absolute Gasteiger partial charge is 0.367 e. The molecule has 1 aliphatic rings. The minimum atomic E-state index is -0.349. The maximum atomic E-state index is 13.5. The molecule has 4 aromatic carbocycles. The van der Waals surface area contributed by atoms with Crippen molar-refractivity contribution in [3.63, 3.8) is 0 Å². The summed E-state index contributed by atoms with van der Waals surface area (Å²) in [6.45, 7) is 4.37. The fourth-order valence-electron chi connectivity index (χ4n) is 5.38. The number of halogens is 2. The topological polar surface area (TPSA) is 81.8 Å². The second kappa shape index (κ2) is 14.2. The lowest BCUT2D eigenvalue weighted by Crippen LogP contribution is -2.50. The number of carbonyl (C=O) groups excluding carboxylic acids is 3. The van der Waals surface area contributed by atoms with E-state index in [-0.39, 0.29) is 36.0 Å². The van der Waals surface area contributed by atoms with Gasteiger partial charge in [-0.25, -0.2) is 4.39 Å². The van der Waals surface area contributed by atoms with Crippen LogP contribution in [-0.2, 0) is 11.3 Å². The number of carbonyl (C=O) groups is 3. The lowest BCUT2D eigenvalue weighted by molar-refractivity contribution is -0.133. The van der Waals surface area contributed by atoms with E-state index in [1.807, 2.05) is 48.2 Å². The molecule has 5 rings (SSSR count). The molecule has 1 heterocycles. The molecule has 4 aromatic rings. The van der Waals surface area contributed by atoms with Crippen LogP contribution in [0.2, 0.25) is 5.02 Å². The van der Waals surface area contributed by atoms with Crippen LogP contribution in [0.25, 0.3) is 0 Å². The summed E-state index contributed by atoms with van der Waals surface area (Å²) in [5.41, 5.74) is 3.75. The number of hydrogen-bond donors (Lipinski definition) is 2. The van der Waals surface area contributed by atoms with Gasteiger partial charge in [0.05, 0.1) is 11.5 Å². The summed E-state index contributed by atoms with van der Waals surface area (Å²) in [6.07, 6.45) is 0.713. The molecule has 0 aromatic heterocycles. The van der Waals surface area contributed by atoms with Gasteiger partial charge >= 0.3 is 0 Å². The number of rotatable bonds is 9. The van der Waals surface area contributed by atoms with Gasteiger partial charge in [0.25, 0.3) is 11.8 Å². The molecule has 0 unspecified atom stereocenters. The summed E-state index contributed by atoms with van der Waals surface area (Å²) in [7, 11) is 0. The molecule has 3 amide bonds. The summed E-state index contributed by atoms with van der Waals surface area (Å²) in [4.78, 5) is 43.9. The zero-order valence-electron chi connectivity index (χ0n) is 24.4. The van der Waals surface area contributed by atoms with Crippen molar-refractivity contribution in [3.8, 4) is 0 Å².